The molecular weight excluding hydrogens is 200 g/mol. The first-order chi connectivity index (χ1) is 6.97. The van der Waals surface area contributed by atoms with Gasteiger partial charge in [-0.05, 0) is 13.8 Å². The molecule has 1 N–H and O–H groups in total. The van der Waals surface area contributed by atoms with Gasteiger partial charge < -0.3 is 9.84 Å². The first-order valence-electron chi connectivity index (χ1n) is 4.31. The van der Waals surface area contributed by atoms with Gasteiger partial charge in [0.2, 0.25) is 0 Å². The predicted molar refractivity (Wildman–Crippen MR) is 49.7 cm³/mol. The van der Waals surface area contributed by atoms with E-state index in [1.807, 2.05) is 0 Å². The van der Waals surface area contributed by atoms with Crippen LogP contribution in [0.4, 0.5) is 0 Å². The molecule has 0 bridgehead atoms. The third kappa shape index (κ3) is 2.12. The molecule has 1 rings (SSSR count). The number of cyclic esters (lactones) is 2. The number of carbonyl (C=O) groups is 3. The maximum atomic E-state index is 11.2. The number of ether oxygens (including phenoxy) is 1. The lowest BCUT2D eigenvalue weighted by molar-refractivity contribution is -0.152. The van der Waals surface area contributed by atoms with E-state index in [0.717, 1.165) is 0 Å². The summed E-state index contributed by atoms with van der Waals surface area (Å²) < 4.78 is 4.37. The number of hydrogen-bond donors (Lipinski definition) is 1. The second-order valence-corrected chi connectivity index (χ2v) is 3.09. The molecule has 0 aliphatic carbocycles. The van der Waals surface area contributed by atoms with E-state index in [2.05, 4.69) is 4.74 Å². The van der Waals surface area contributed by atoms with Crippen molar-refractivity contribution in [3.05, 3.63) is 23.3 Å². The number of allylic oxidation sites excluding steroid dienone is 1. The number of esters is 2. The van der Waals surface area contributed by atoms with Crippen molar-refractivity contribution in [3.8, 4) is 0 Å². The molecule has 1 fully saturated rings. The Bertz CT molecular complexity index is 389. The monoisotopic (exact) mass is 210 g/mol. The van der Waals surface area contributed by atoms with Gasteiger partial charge in [0, 0.05) is 5.57 Å². The molecule has 0 saturated carbocycles. The molecule has 1 heterocycles. The van der Waals surface area contributed by atoms with Crippen LogP contribution in [0.1, 0.15) is 13.8 Å². The Hall–Kier alpha value is -1.91. The minimum Gasteiger partial charge on any atom is -0.478 e. The Labute approximate surface area is 86.0 Å². The van der Waals surface area contributed by atoms with Crippen LogP contribution in [0.3, 0.4) is 0 Å². The van der Waals surface area contributed by atoms with Crippen molar-refractivity contribution in [1.82, 2.24) is 0 Å². The van der Waals surface area contributed by atoms with E-state index < -0.39 is 23.8 Å². The molecule has 0 aromatic carbocycles. The lowest BCUT2D eigenvalue weighted by atomic mass is 9.99. The molecular formula is C10H10O5. The standard InChI is InChI=1S/C10H10O5/c1-3-6-7(4-5(2)8(11)12)10(14)15-9(6)13/h3-4,7H,1-2H3,(H,11,12). The van der Waals surface area contributed by atoms with Crippen LogP contribution in [0, 0.1) is 5.92 Å². The fraction of sp³-hybridized carbons (Fsp3) is 0.300. The topological polar surface area (TPSA) is 80.7 Å². The third-order valence-electron chi connectivity index (χ3n) is 2.08. The number of carboxylic acid groups (broad SMARTS) is 1. The number of aliphatic carboxylic acids is 1. The Kier molecular flexibility index (Phi) is 3.04. The summed E-state index contributed by atoms with van der Waals surface area (Å²) >= 11 is 0. The predicted octanol–water partition coefficient (Wildman–Crippen LogP) is 0.663. The van der Waals surface area contributed by atoms with Crippen molar-refractivity contribution in [2.75, 3.05) is 0 Å². The van der Waals surface area contributed by atoms with Gasteiger partial charge in [-0.1, -0.05) is 12.2 Å². The van der Waals surface area contributed by atoms with Gasteiger partial charge in [0.05, 0.1) is 5.57 Å². The van der Waals surface area contributed by atoms with Gasteiger partial charge in [0.1, 0.15) is 5.92 Å². The van der Waals surface area contributed by atoms with Crippen LogP contribution in [0.15, 0.2) is 23.3 Å². The molecule has 15 heavy (non-hydrogen) atoms. The van der Waals surface area contributed by atoms with Gasteiger partial charge in [-0.2, -0.15) is 0 Å². The largest absolute Gasteiger partial charge is 0.478 e. The van der Waals surface area contributed by atoms with Crippen molar-refractivity contribution in [1.29, 1.82) is 0 Å². The molecule has 1 saturated heterocycles. The molecule has 0 spiro atoms. The Morgan fingerprint density at radius 2 is 2.07 bits per heavy atom. The zero-order valence-electron chi connectivity index (χ0n) is 8.31. The summed E-state index contributed by atoms with van der Waals surface area (Å²) in [6, 6.07) is 0. The number of carboxylic acids is 1. The van der Waals surface area contributed by atoms with Crippen LogP contribution in [-0.4, -0.2) is 23.0 Å². The van der Waals surface area contributed by atoms with E-state index in [1.54, 1.807) is 6.92 Å². The average Bonchev–Trinajstić information content (AvgIpc) is 2.41. The van der Waals surface area contributed by atoms with E-state index in [1.165, 1.54) is 19.1 Å². The smallest absolute Gasteiger partial charge is 0.342 e. The molecule has 0 amide bonds. The third-order valence-corrected chi connectivity index (χ3v) is 2.08. The lowest BCUT2D eigenvalue weighted by Crippen LogP contribution is -2.09. The fourth-order valence-corrected chi connectivity index (χ4v) is 1.24. The molecule has 0 radical (unpaired) electrons. The highest BCUT2D eigenvalue weighted by Gasteiger charge is 2.37. The first kappa shape index (κ1) is 11.2. The summed E-state index contributed by atoms with van der Waals surface area (Å²) in [6.07, 6.45) is 2.66. The van der Waals surface area contributed by atoms with Gasteiger partial charge in [-0.25, -0.2) is 9.59 Å². The van der Waals surface area contributed by atoms with Crippen LogP contribution < -0.4 is 0 Å². The van der Waals surface area contributed by atoms with Gasteiger partial charge in [-0.3, -0.25) is 4.79 Å². The zero-order valence-corrected chi connectivity index (χ0v) is 8.31. The molecule has 0 aromatic heterocycles. The average molecular weight is 210 g/mol. The van der Waals surface area contributed by atoms with E-state index in [-0.39, 0.29) is 11.1 Å². The first-order valence-corrected chi connectivity index (χ1v) is 4.31. The van der Waals surface area contributed by atoms with Crippen molar-refractivity contribution < 1.29 is 24.2 Å². The molecule has 80 valence electrons. The highest BCUT2D eigenvalue weighted by atomic mass is 16.6. The highest BCUT2D eigenvalue weighted by Crippen LogP contribution is 2.25. The van der Waals surface area contributed by atoms with Crippen LogP contribution in [0.5, 0.6) is 0 Å². The molecule has 0 aromatic rings. The van der Waals surface area contributed by atoms with Crippen molar-refractivity contribution in [3.63, 3.8) is 0 Å². The van der Waals surface area contributed by atoms with Gasteiger partial charge in [-0.15, -0.1) is 0 Å². The minimum atomic E-state index is -1.13. The van der Waals surface area contributed by atoms with Gasteiger partial charge in [0.15, 0.2) is 0 Å². The summed E-state index contributed by atoms with van der Waals surface area (Å²) in [7, 11) is 0. The van der Waals surface area contributed by atoms with Crippen molar-refractivity contribution in [2.24, 2.45) is 5.92 Å². The maximum Gasteiger partial charge on any atom is 0.342 e. The van der Waals surface area contributed by atoms with Gasteiger partial charge >= 0.3 is 17.9 Å². The van der Waals surface area contributed by atoms with Crippen LogP contribution in [0.2, 0.25) is 0 Å². The summed E-state index contributed by atoms with van der Waals surface area (Å²) in [5.74, 6) is -3.45. The second kappa shape index (κ2) is 4.08. The molecule has 1 atom stereocenters. The fourth-order valence-electron chi connectivity index (χ4n) is 1.24. The zero-order chi connectivity index (χ0) is 11.6. The summed E-state index contributed by atoms with van der Waals surface area (Å²) in [4.78, 5) is 32.8. The molecule has 1 unspecified atom stereocenters. The maximum absolute atomic E-state index is 11.2. The normalized spacial score (nSPS) is 24.5. The van der Waals surface area contributed by atoms with E-state index in [0.29, 0.717) is 0 Å². The highest BCUT2D eigenvalue weighted by molar-refractivity contribution is 6.08. The Morgan fingerprint density at radius 3 is 2.53 bits per heavy atom. The van der Waals surface area contributed by atoms with E-state index in [9.17, 15) is 14.4 Å². The summed E-state index contributed by atoms with van der Waals surface area (Å²) in [5, 5.41) is 8.63. The van der Waals surface area contributed by atoms with Crippen LogP contribution >= 0.6 is 0 Å². The second-order valence-electron chi connectivity index (χ2n) is 3.09. The Morgan fingerprint density at radius 1 is 1.47 bits per heavy atom. The summed E-state index contributed by atoms with van der Waals surface area (Å²) in [5.41, 5.74) is 0.187. The van der Waals surface area contributed by atoms with Crippen LogP contribution in [0.25, 0.3) is 0 Å². The van der Waals surface area contributed by atoms with Crippen LogP contribution in [-0.2, 0) is 19.1 Å². The SMILES string of the molecule is CC=C1C(=O)OC(=O)C1C=C(C)C(=O)O. The van der Waals surface area contributed by atoms with Crippen molar-refractivity contribution in [2.45, 2.75) is 13.8 Å². The lowest BCUT2D eigenvalue weighted by Gasteiger charge is -1.99. The number of rotatable bonds is 2. The summed E-state index contributed by atoms with van der Waals surface area (Å²) in [6.45, 7) is 2.94. The molecule has 1 aliphatic heterocycles. The van der Waals surface area contributed by atoms with Crippen molar-refractivity contribution >= 4 is 17.9 Å². The number of hydrogen-bond acceptors (Lipinski definition) is 4. The van der Waals surface area contributed by atoms with E-state index in [4.69, 9.17) is 5.11 Å². The Balaban J connectivity index is 3.05. The minimum absolute atomic E-state index is 0.00556. The van der Waals surface area contributed by atoms with Gasteiger partial charge in [0.25, 0.3) is 0 Å². The van der Waals surface area contributed by atoms with E-state index >= 15 is 0 Å². The molecule has 5 nitrogen and oxygen atoms in total. The quantitative estimate of drug-likeness (QED) is 0.411. The molecule has 5 heteroatoms. The number of carbonyl (C=O) groups excluding carboxylic acids is 2. The molecule has 1 aliphatic rings.